The van der Waals surface area contributed by atoms with Crippen molar-refractivity contribution in [2.24, 2.45) is 5.92 Å². The normalized spacial score (nSPS) is 20.6. The second kappa shape index (κ2) is 4.52. The summed E-state index contributed by atoms with van der Waals surface area (Å²) in [7, 11) is 0. The van der Waals surface area contributed by atoms with Crippen LogP contribution >= 0.6 is 0 Å². The Bertz CT molecular complexity index is 394. The van der Waals surface area contributed by atoms with Crippen molar-refractivity contribution in [2.75, 3.05) is 4.90 Å². The number of benzene rings is 1. The average Bonchev–Trinajstić information content (AvgIpc) is 2.30. The van der Waals surface area contributed by atoms with Gasteiger partial charge in [0, 0.05) is 24.4 Å². The highest BCUT2D eigenvalue weighted by Crippen LogP contribution is 2.26. The van der Waals surface area contributed by atoms with E-state index in [4.69, 9.17) is 0 Å². The van der Waals surface area contributed by atoms with Gasteiger partial charge in [-0.3, -0.25) is 4.79 Å². The number of rotatable bonds is 2. The first-order valence-electron chi connectivity index (χ1n) is 5.73. The van der Waals surface area contributed by atoms with Crippen LogP contribution in [0.3, 0.4) is 0 Å². The topological polar surface area (TPSA) is 20.3 Å². The van der Waals surface area contributed by atoms with E-state index in [0.717, 1.165) is 5.69 Å². The summed E-state index contributed by atoms with van der Waals surface area (Å²) >= 11 is 0. The van der Waals surface area contributed by atoms with Crippen molar-refractivity contribution in [3.8, 4) is 0 Å². The van der Waals surface area contributed by atoms with Crippen molar-refractivity contribution in [1.29, 1.82) is 0 Å². The van der Waals surface area contributed by atoms with Crippen LogP contribution in [-0.2, 0) is 4.79 Å². The Labute approximate surface area is 96.6 Å². The molecular weight excluding hydrogens is 198 g/mol. The van der Waals surface area contributed by atoms with E-state index in [9.17, 15) is 4.79 Å². The van der Waals surface area contributed by atoms with Crippen molar-refractivity contribution in [3.05, 3.63) is 42.6 Å². The third kappa shape index (κ3) is 2.16. The van der Waals surface area contributed by atoms with Crippen LogP contribution in [0.5, 0.6) is 0 Å². The number of hydrogen-bond acceptors (Lipinski definition) is 2. The monoisotopic (exact) mass is 215 g/mol. The molecule has 1 aliphatic heterocycles. The molecule has 0 aliphatic carbocycles. The number of ketones is 1. The lowest BCUT2D eigenvalue weighted by atomic mass is 9.94. The Morgan fingerprint density at radius 3 is 2.56 bits per heavy atom. The van der Waals surface area contributed by atoms with Crippen molar-refractivity contribution in [2.45, 2.75) is 26.3 Å². The van der Waals surface area contributed by atoms with E-state index in [1.54, 1.807) is 6.08 Å². The zero-order valence-corrected chi connectivity index (χ0v) is 9.76. The lowest BCUT2D eigenvalue weighted by Gasteiger charge is -2.35. The van der Waals surface area contributed by atoms with E-state index < -0.39 is 0 Å². The van der Waals surface area contributed by atoms with Gasteiger partial charge in [0.1, 0.15) is 0 Å². The zero-order valence-electron chi connectivity index (χ0n) is 9.76. The molecule has 2 nitrogen and oxygen atoms in total. The molecule has 84 valence electrons. The maximum Gasteiger partial charge on any atom is 0.159 e. The van der Waals surface area contributed by atoms with Crippen molar-refractivity contribution in [3.63, 3.8) is 0 Å². The van der Waals surface area contributed by atoms with Crippen LogP contribution < -0.4 is 4.90 Å². The third-order valence-electron chi connectivity index (χ3n) is 3.01. The van der Waals surface area contributed by atoms with Gasteiger partial charge in [-0.2, -0.15) is 0 Å². The van der Waals surface area contributed by atoms with E-state index in [1.165, 1.54) is 0 Å². The smallest absolute Gasteiger partial charge is 0.159 e. The van der Waals surface area contributed by atoms with E-state index in [0.29, 0.717) is 12.3 Å². The first kappa shape index (κ1) is 10.9. The highest BCUT2D eigenvalue weighted by molar-refractivity contribution is 5.92. The molecule has 1 aromatic rings. The number of hydrogen-bond donors (Lipinski definition) is 0. The number of allylic oxidation sites excluding steroid dienone is 1. The number of para-hydroxylation sites is 1. The van der Waals surface area contributed by atoms with E-state index >= 15 is 0 Å². The molecule has 1 aliphatic rings. The summed E-state index contributed by atoms with van der Waals surface area (Å²) in [5.41, 5.74) is 1.16. The fourth-order valence-electron chi connectivity index (χ4n) is 2.08. The van der Waals surface area contributed by atoms with E-state index in [2.05, 4.69) is 30.9 Å². The second-order valence-electron chi connectivity index (χ2n) is 4.54. The molecule has 2 rings (SSSR count). The van der Waals surface area contributed by atoms with Crippen LogP contribution in [0.2, 0.25) is 0 Å². The van der Waals surface area contributed by atoms with Gasteiger partial charge in [0.25, 0.3) is 0 Å². The molecule has 0 spiro atoms. The summed E-state index contributed by atoms with van der Waals surface area (Å²) < 4.78 is 0. The van der Waals surface area contributed by atoms with Crippen LogP contribution in [0.4, 0.5) is 5.69 Å². The predicted octanol–water partition coefficient (Wildman–Crippen LogP) is 3.00. The summed E-state index contributed by atoms with van der Waals surface area (Å²) in [5.74, 6) is 0.694. The van der Waals surface area contributed by atoms with Crippen molar-refractivity contribution >= 4 is 11.5 Å². The standard InChI is InChI=1S/C14H17NO/c1-11(2)14-10-13(16)8-9-15(14)12-6-4-3-5-7-12/h3-9,11,14H,10H2,1-2H3. The number of anilines is 1. The molecule has 1 heterocycles. The van der Waals surface area contributed by atoms with Gasteiger partial charge in [-0.15, -0.1) is 0 Å². The van der Waals surface area contributed by atoms with Gasteiger partial charge in [0.05, 0.1) is 0 Å². The molecule has 1 unspecified atom stereocenters. The molecule has 1 aromatic carbocycles. The molecule has 0 amide bonds. The van der Waals surface area contributed by atoms with Gasteiger partial charge in [0.2, 0.25) is 0 Å². The van der Waals surface area contributed by atoms with Crippen molar-refractivity contribution in [1.82, 2.24) is 0 Å². The second-order valence-corrected chi connectivity index (χ2v) is 4.54. The van der Waals surface area contributed by atoms with E-state index in [-0.39, 0.29) is 11.8 Å². The molecule has 0 radical (unpaired) electrons. The van der Waals surface area contributed by atoms with Gasteiger partial charge < -0.3 is 4.90 Å². The average molecular weight is 215 g/mol. The molecule has 0 N–H and O–H groups in total. The summed E-state index contributed by atoms with van der Waals surface area (Å²) in [6.45, 7) is 4.32. The van der Waals surface area contributed by atoms with Gasteiger partial charge >= 0.3 is 0 Å². The van der Waals surface area contributed by atoms with Crippen molar-refractivity contribution < 1.29 is 4.79 Å². The first-order valence-corrected chi connectivity index (χ1v) is 5.73. The molecule has 0 saturated carbocycles. The summed E-state index contributed by atoms with van der Waals surface area (Å²) in [5, 5.41) is 0. The molecule has 1 atom stereocenters. The zero-order chi connectivity index (χ0) is 11.5. The number of carbonyl (C=O) groups is 1. The largest absolute Gasteiger partial charge is 0.344 e. The highest BCUT2D eigenvalue weighted by atomic mass is 16.1. The maximum atomic E-state index is 11.4. The molecule has 0 aromatic heterocycles. The lowest BCUT2D eigenvalue weighted by molar-refractivity contribution is -0.115. The van der Waals surface area contributed by atoms with Gasteiger partial charge in [-0.1, -0.05) is 32.0 Å². The predicted molar refractivity (Wildman–Crippen MR) is 66.3 cm³/mol. The van der Waals surface area contributed by atoms with Crippen LogP contribution in [0.15, 0.2) is 42.6 Å². The van der Waals surface area contributed by atoms with Gasteiger partial charge in [-0.25, -0.2) is 0 Å². The lowest BCUT2D eigenvalue weighted by Crippen LogP contribution is -2.39. The molecule has 0 fully saturated rings. The fourth-order valence-corrected chi connectivity index (χ4v) is 2.08. The minimum Gasteiger partial charge on any atom is -0.344 e. The quantitative estimate of drug-likeness (QED) is 0.756. The van der Waals surface area contributed by atoms with E-state index in [1.807, 2.05) is 24.4 Å². The third-order valence-corrected chi connectivity index (χ3v) is 3.01. The summed E-state index contributed by atoms with van der Waals surface area (Å²) in [6, 6.07) is 10.5. The molecule has 0 bridgehead atoms. The fraction of sp³-hybridized carbons (Fsp3) is 0.357. The SMILES string of the molecule is CC(C)C1CC(=O)C=CN1c1ccccc1. The minimum absolute atomic E-state index is 0.228. The Morgan fingerprint density at radius 1 is 1.25 bits per heavy atom. The highest BCUT2D eigenvalue weighted by Gasteiger charge is 2.25. The van der Waals surface area contributed by atoms with Gasteiger partial charge in [-0.05, 0) is 24.1 Å². The Morgan fingerprint density at radius 2 is 1.94 bits per heavy atom. The minimum atomic E-state index is 0.228. The summed E-state index contributed by atoms with van der Waals surface area (Å²) in [4.78, 5) is 13.6. The summed E-state index contributed by atoms with van der Waals surface area (Å²) in [6.07, 6.45) is 4.20. The van der Waals surface area contributed by atoms with Gasteiger partial charge in [0.15, 0.2) is 5.78 Å². The Balaban J connectivity index is 2.31. The molecule has 2 heteroatoms. The number of carbonyl (C=O) groups excluding carboxylic acids is 1. The molecule has 16 heavy (non-hydrogen) atoms. The van der Waals surface area contributed by atoms with Crippen LogP contribution in [0.1, 0.15) is 20.3 Å². The van der Waals surface area contributed by atoms with Crippen LogP contribution in [0.25, 0.3) is 0 Å². The maximum absolute atomic E-state index is 11.4. The number of nitrogens with zero attached hydrogens (tertiary/aromatic N) is 1. The van der Waals surface area contributed by atoms with Crippen LogP contribution in [-0.4, -0.2) is 11.8 Å². The first-order chi connectivity index (χ1) is 7.68. The Hall–Kier alpha value is -1.57. The Kier molecular flexibility index (Phi) is 3.09. The molecule has 0 saturated heterocycles. The van der Waals surface area contributed by atoms with Crippen LogP contribution in [0, 0.1) is 5.92 Å². The molecular formula is C14H17NO.